The molecule has 86 valence electrons. The maximum Gasteiger partial charge on any atom is 0.171 e. The van der Waals surface area contributed by atoms with Gasteiger partial charge < -0.3 is 9.47 Å². The number of rotatable bonds is 7. The molecule has 0 radical (unpaired) electrons. The Balaban J connectivity index is 4.28. The lowest BCUT2D eigenvalue weighted by molar-refractivity contribution is -0.120. The third-order valence-corrected chi connectivity index (χ3v) is 3.96. The summed E-state index contributed by atoms with van der Waals surface area (Å²) >= 11 is 0. The largest absolute Gasteiger partial charge is 0.352 e. The second-order valence-electron chi connectivity index (χ2n) is 3.22. The van der Waals surface area contributed by atoms with Gasteiger partial charge in [0.1, 0.15) is 5.75 Å². The van der Waals surface area contributed by atoms with E-state index in [0.29, 0.717) is 13.2 Å². The van der Waals surface area contributed by atoms with Crippen LogP contribution in [0.4, 0.5) is 0 Å². The zero-order valence-corrected chi connectivity index (χ0v) is 10.1. The monoisotopic (exact) mass is 224 g/mol. The minimum Gasteiger partial charge on any atom is -0.352 e. The lowest BCUT2D eigenvalue weighted by Crippen LogP contribution is -2.31. The van der Waals surface area contributed by atoms with E-state index in [4.69, 9.17) is 9.47 Å². The molecule has 0 N–H and O–H groups in total. The molecular weight excluding hydrogens is 204 g/mol. The Morgan fingerprint density at radius 1 is 1.07 bits per heavy atom. The molecule has 0 rings (SSSR count). The van der Waals surface area contributed by atoms with Crippen LogP contribution in [0.5, 0.6) is 0 Å². The van der Waals surface area contributed by atoms with Crippen molar-refractivity contribution < 1.29 is 17.9 Å². The number of sulfone groups is 1. The molecule has 0 aliphatic rings. The third-order valence-electron chi connectivity index (χ3n) is 1.79. The first-order valence-electron chi connectivity index (χ1n) is 4.88. The Bertz CT molecular complexity index is 227. The van der Waals surface area contributed by atoms with Crippen molar-refractivity contribution in [3.63, 3.8) is 0 Å². The molecule has 0 saturated carbocycles. The molecule has 0 unspecified atom stereocenters. The lowest BCUT2D eigenvalue weighted by Gasteiger charge is -2.18. The van der Waals surface area contributed by atoms with Crippen LogP contribution in [0.1, 0.15) is 27.7 Å². The van der Waals surface area contributed by atoms with Gasteiger partial charge in [0.15, 0.2) is 16.1 Å². The summed E-state index contributed by atoms with van der Waals surface area (Å²) in [7, 11) is -3.09. The van der Waals surface area contributed by atoms with Gasteiger partial charge in [-0.15, -0.1) is 0 Å². The molecule has 0 aromatic heterocycles. The van der Waals surface area contributed by atoms with Crippen LogP contribution in [0.15, 0.2) is 0 Å². The molecule has 0 aliphatic carbocycles. The van der Waals surface area contributed by atoms with Gasteiger partial charge in [-0.3, -0.25) is 0 Å². The molecule has 0 aliphatic heterocycles. The maximum absolute atomic E-state index is 11.5. The molecule has 0 bridgehead atoms. The Morgan fingerprint density at radius 2 is 1.50 bits per heavy atom. The van der Waals surface area contributed by atoms with Crippen molar-refractivity contribution >= 4 is 9.84 Å². The smallest absolute Gasteiger partial charge is 0.171 e. The summed E-state index contributed by atoms with van der Waals surface area (Å²) in [5, 5.41) is -0.383. The van der Waals surface area contributed by atoms with Gasteiger partial charge in [-0.05, 0) is 27.7 Å². The minimum absolute atomic E-state index is 0.0631. The second-order valence-corrected chi connectivity index (χ2v) is 5.82. The predicted molar refractivity (Wildman–Crippen MR) is 56.0 cm³/mol. The quantitative estimate of drug-likeness (QED) is 0.610. The normalized spacial score (nSPS) is 12.7. The first-order valence-corrected chi connectivity index (χ1v) is 6.60. The van der Waals surface area contributed by atoms with Crippen LogP contribution in [-0.2, 0) is 19.3 Å². The SMILES string of the molecule is CCOC(CS(=O)(=O)C(C)C)OCC. The molecule has 0 saturated heterocycles. The molecule has 5 heteroatoms. The van der Waals surface area contributed by atoms with Crippen molar-refractivity contribution in [2.45, 2.75) is 39.2 Å². The number of hydrogen-bond donors (Lipinski definition) is 0. The Labute approximate surface area is 86.5 Å². The fourth-order valence-corrected chi connectivity index (χ4v) is 1.85. The zero-order chi connectivity index (χ0) is 11.2. The fraction of sp³-hybridized carbons (Fsp3) is 1.00. The van der Waals surface area contributed by atoms with E-state index in [2.05, 4.69) is 0 Å². The van der Waals surface area contributed by atoms with Crippen LogP contribution in [-0.4, -0.2) is 38.9 Å². The summed E-state index contributed by atoms with van der Waals surface area (Å²) in [5.41, 5.74) is 0. The highest BCUT2D eigenvalue weighted by atomic mass is 32.2. The van der Waals surface area contributed by atoms with Crippen LogP contribution in [0, 0.1) is 0 Å². The summed E-state index contributed by atoms with van der Waals surface area (Å²) < 4.78 is 33.4. The molecule has 0 aromatic carbocycles. The molecule has 0 fully saturated rings. The number of hydrogen-bond acceptors (Lipinski definition) is 4. The fourth-order valence-electron chi connectivity index (χ4n) is 0.898. The minimum atomic E-state index is -3.09. The van der Waals surface area contributed by atoms with E-state index in [-0.39, 0.29) is 11.0 Å². The Morgan fingerprint density at radius 3 is 1.79 bits per heavy atom. The van der Waals surface area contributed by atoms with Gasteiger partial charge in [-0.2, -0.15) is 0 Å². The summed E-state index contributed by atoms with van der Waals surface area (Å²) in [5.74, 6) is -0.0631. The predicted octanol–water partition coefficient (Wildman–Crippen LogP) is 1.21. The van der Waals surface area contributed by atoms with E-state index in [9.17, 15) is 8.42 Å². The zero-order valence-electron chi connectivity index (χ0n) is 9.32. The molecule has 0 spiro atoms. The maximum atomic E-state index is 11.5. The van der Waals surface area contributed by atoms with E-state index >= 15 is 0 Å². The number of ether oxygens (including phenoxy) is 2. The van der Waals surface area contributed by atoms with Gasteiger partial charge in [-0.1, -0.05) is 0 Å². The van der Waals surface area contributed by atoms with E-state index in [0.717, 1.165) is 0 Å². The van der Waals surface area contributed by atoms with E-state index in [1.54, 1.807) is 13.8 Å². The topological polar surface area (TPSA) is 52.6 Å². The Hall–Kier alpha value is -0.130. The van der Waals surface area contributed by atoms with Crippen molar-refractivity contribution in [3.05, 3.63) is 0 Å². The van der Waals surface area contributed by atoms with Crippen molar-refractivity contribution in [1.82, 2.24) is 0 Å². The first-order chi connectivity index (χ1) is 6.44. The molecular formula is C9H20O4S. The third kappa shape index (κ3) is 4.93. The molecule has 4 nitrogen and oxygen atoms in total. The van der Waals surface area contributed by atoms with Gasteiger partial charge >= 0.3 is 0 Å². The lowest BCUT2D eigenvalue weighted by atomic mass is 10.6. The van der Waals surface area contributed by atoms with Gasteiger partial charge in [0.25, 0.3) is 0 Å². The Kier molecular flexibility index (Phi) is 6.31. The average molecular weight is 224 g/mol. The summed E-state index contributed by atoms with van der Waals surface area (Å²) in [4.78, 5) is 0. The summed E-state index contributed by atoms with van der Waals surface area (Å²) in [6, 6.07) is 0. The van der Waals surface area contributed by atoms with Crippen molar-refractivity contribution in [2.24, 2.45) is 0 Å². The van der Waals surface area contributed by atoms with Crippen LogP contribution >= 0.6 is 0 Å². The first kappa shape index (κ1) is 13.9. The molecule has 14 heavy (non-hydrogen) atoms. The highest BCUT2D eigenvalue weighted by molar-refractivity contribution is 7.92. The molecule has 0 atom stereocenters. The van der Waals surface area contributed by atoms with Crippen LogP contribution in [0.3, 0.4) is 0 Å². The highest BCUT2D eigenvalue weighted by Gasteiger charge is 2.22. The van der Waals surface area contributed by atoms with Crippen molar-refractivity contribution in [3.8, 4) is 0 Å². The summed E-state index contributed by atoms with van der Waals surface area (Å²) in [6.07, 6.45) is -0.627. The van der Waals surface area contributed by atoms with Crippen LogP contribution in [0.2, 0.25) is 0 Å². The van der Waals surface area contributed by atoms with Gasteiger partial charge in [0.05, 0.1) is 5.25 Å². The molecule has 0 heterocycles. The summed E-state index contributed by atoms with van der Waals surface area (Å²) in [6.45, 7) is 7.85. The van der Waals surface area contributed by atoms with Crippen molar-refractivity contribution in [1.29, 1.82) is 0 Å². The van der Waals surface area contributed by atoms with E-state index in [1.807, 2.05) is 13.8 Å². The highest BCUT2D eigenvalue weighted by Crippen LogP contribution is 2.06. The second kappa shape index (κ2) is 6.37. The van der Waals surface area contributed by atoms with Gasteiger partial charge in [0.2, 0.25) is 0 Å². The van der Waals surface area contributed by atoms with Crippen LogP contribution < -0.4 is 0 Å². The van der Waals surface area contributed by atoms with E-state index < -0.39 is 16.1 Å². The van der Waals surface area contributed by atoms with Gasteiger partial charge in [-0.25, -0.2) is 8.42 Å². The van der Waals surface area contributed by atoms with Gasteiger partial charge in [0, 0.05) is 13.2 Å². The van der Waals surface area contributed by atoms with Crippen LogP contribution in [0.25, 0.3) is 0 Å². The average Bonchev–Trinajstić information content (AvgIpc) is 2.04. The standard InChI is InChI=1S/C9H20O4S/c1-5-12-9(13-6-2)7-14(10,11)8(3)4/h8-9H,5-7H2,1-4H3. The molecule has 0 aromatic rings. The van der Waals surface area contributed by atoms with E-state index in [1.165, 1.54) is 0 Å². The van der Waals surface area contributed by atoms with Crippen molar-refractivity contribution in [2.75, 3.05) is 19.0 Å². The molecule has 0 amide bonds.